The van der Waals surface area contributed by atoms with Crippen LogP contribution < -0.4 is 4.90 Å². The molecule has 1 aromatic heterocycles. The number of nitrogens with zero attached hydrogens (tertiary/aromatic N) is 3. The smallest absolute Gasteiger partial charge is 0.356 e. The minimum Gasteiger partial charge on any atom is -0.476 e. The van der Waals surface area contributed by atoms with E-state index < -0.39 is 5.97 Å². The number of aromatic nitrogens is 2. The summed E-state index contributed by atoms with van der Waals surface area (Å²) < 4.78 is 0. The first kappa shape index (κ1) is 14.7. The van der Waals surface area contributed by atoms with Crippen LogP contribution in [0, 0.1) is 5.92 Å². The molecule has 6 heteroatoms. The third-order valence-corrected chi connectivity index (χ3v) is 3.89. The molecule has 1 saturated heterocycles. The molecule has 1 aliphatic rings. The van der Waals surface area contributed by atoms with Crippen LogP contribution in [-0.2, 0) is 0 Å². The van der Waals surface area contributed by atoms with E-state index in [2.05, 4.69) is 16.9 Å². The summed E-state index contributed by atoms with van der Waals surface area (Å²) in [5.41, 5.74) is 0.529. The van der Waals surface area contributed by atoms with Crippen molar-refractivity contribution < 1.29 is 15.0 Å². The van der Waals surface area contributed by atoms with Gasteiger partial charge in [-0.2, -0.15) is 0 Å². The standard InChI is InChI=1S/C14H21N3O3/c1-8(2)13-15-6-10(12(16-13)14(19)20)17-5-4-9(3)11(17)7-18/h6,8-9,11,18H,4-5,7H2,1-3H3,(H,19,20). The van der Waals surface area contributed by atoms with Crippen molar-refractivity contribution in [3.8, 4) is 0 Å². The molecule has 2 rings (SSSR count). The first-order valence-corrected chi connectivity index (χ1v) is 6.93. The van der Waals surface area contributed by atoms with E-state index in [0.717, 1.165) is 13.0 Å². The quantitative estimate of drug-likeness (QED) is 0.868. The van der Waals surface area contributed by atoms with E-state index in [1.54, 1.807) is 6.20 Å². The van der Waals surface area contributed by atoms with E-state index in [4.69, 9.17) is 0 Å². The van der Waals surface area contributed by atoms with Crippen molar-refractivity contribution in [3.63, 3.8) is 0 Å². The van der Waals surface area contributed by atoms with Gasteiger partial charge in [-0.05, 0) is 12.3 Å². The van der Waals surface area contributed by atoms with Crippen molar-refractivity contribution in [2.75, 3.05) is 18.1 Å². The summed E-state index contributed by atoms with van der Waals surface area (Å²) >= 11 is 0. The number of hydrogen-bond acceptors (Lipinski definition) is 5. The van der Waals surface area contributed by atoms with Crippen LogP contribution in [0.5, 0.6) is 0 Å². The third kappa shape index (κ3) is 2.60. The predicted octanol–water partition coefficient (Wildman–Crippen LogP) is 1.51. The molecule has 1 fully saturated rings. The molecule has 110 valence electrons. The summed E-state index contributed by atoms with van der Waals surface area (Å²) in [6.45, 7) is 6.64. The highest BCUT2D eigenvalue weighted by molar-refractivity contribution is 5.92. The number of aliphatic hydroxyl groups excluding tert-OH is 1. The van der Waals surface area contributed by atoms with Gasteiger partial charge in [0.15, 0.2) is 5.69 Å². The Balaban J connectivity index is 2.43. The van der Waals surface area contributed by atoms with Gasteiger partial charge in [-0.3, -0.25) is 0 Å². The molecule has 0 spiro atoms. The Labute approximate surface area is 118 Å². The minimum absolute atomic E-state index is 0.00611. The topological polar surface area (TPSA) is 86.5 Å². The van der Waals surface area contributed by atoms with E-state index in [1.165, 1.54) is 0 Å². The zero-order valence-corrected chi connectivity index (χ0v) is 12.1. The van der Waals surface area contributed by atoms with Crippen LogP contribution in [-0.4, -0.2) is 45.3 Å². The molecule has 20 heavy (non-hydrogen) atoms. The Morgan fingerprint density at radius 1 is 1.55 bits per heavy atom. The molecule has 2 atom stereocenters. The second kappa shape index (κ2) is 5.75. The SMILES string of the molecule is CC(C)c1ncc(N2CCC(C)C2CO)c(C(=O)O)n1. The minimum atomic E-state index is -1.06. The van der Waals surface area contributed by atoms with E-state index >= 15 is 0 Å². The molecular weight excluding hydrogens is 258 g/mol. The zero-order chi connectivity index (χ0) is 14.9. The highest BCUT2D eigenvalue weighted by Crippen LogP contribution is 2.31. The summed E-state index contributed by atoms with van der Waals surface area (Å²) in [4.78, 5) is 21.8. The maximum Gasteiger partial charge on any atom is 0.356 e. The maximum absolute atomic E-state index is 11.5. The van der Waals surface area contributed by atoms with Crippen LogP contribution in [0.3, 0.4) is 0 Å². The van der Waals surface area contributed by atoms with Crippen molar-refractivity contribution in [2.24, 2.45) is 5.92 Å². The average molecular weight is 279 g/mol. The highest BCUT2D eigenvalue weighted by atomic mass is 16.4. The molecule has 0 saturated carbocycles. The number of carboxylic acids is 1. The summed E-state index contributed by atoms with van der Waals surface area (Å²) in [7, 11) is 0. The average Bonchev–Trinajstić information content (AvgIpc) is 2.78. The lowest BCUT2D eigenvalue weighted by atomic mass is 10.0. The second-order valence-electron chi connectivity index (χ2n) is 5.63. The Bertz CT molecular complexity index is 504. The summed E-state index contributed by atoms with van der Waals surface area (Å²) in [6.07, 6.45) is 2.50. The molecule has 6 nitrogen and oxygen atoms in total. The fourth-order valence-electron chi connectivity index (χ4n) is 2.62. The number of aliphatic hydroxyl groups is 1. The molecule has 0 radical (unpaired) electrons. The van der Waals surface area contributed by atoms with Crippen LogP contribution in [0.15, 0.2) is 6.20 Å². The second-order valence-corrected chi connectivity index (χ2v) is 5.63. The van der Waals surface area contributed by atoms with Gasteiger partial charge in [-0.1, -0.05) is 20.8 Å². The molecule has 2 heterocycles. The normalized spacial score (nSPS) is 22.6. The zero-order valence-electron chi connectivity index (χ0n) is 12.1. The molecule has 2 N–H and O–H groups in total. The van der Waals surface area contributed by atoms with E-state index in [-0.39, 0.29) is 24.3 Å². The first-order chi connectivity index (χ1) is 9.45. The number of carboxylic acid groups (broad SMARTS) is 1. The number of carbonyl (C=O) groups is 1. The van der Waals surface area contributed by atoms with Gasteiger partial charge in [-0.25, -0.2) is 14.8 Å². The van der Waals surface area contributed by atoms with Gasteiger partial charge in [0.1, 0.15) is 5.82 Å². The van der Waals surface area contributed by atoms with Crippen molar-refractivity contribution in [1.82, 2.24) is 9.97 Å². The van der Waals surface area contributed by atoms with Gasteiger partial charge in [-0.15, -0.1) is 0 Å². The van der Waals surface area contributed by atoms with Crippen LogP contribution in [0.1, 0.15) is 49.4 Å². The van der Waals surface area contributed by atoms with Crippen LogP contribution in [0.25, 0.3) is 0 Å². The summed E-state index contributed by atoms with van der Waals surface area (Å²) in [5.74, 6) is -0.126. The van der Waals surface area contributed by atoms with Gasteiger partial charge in [0.2, 0.25) is 0 Å². The van der Waals surface area contributed by atoms with Crippen molar-refractivity contribution >= 4 is 11.7 Å². The van der Waals surface area contributed by atoms with Gasteiger partial charge >= 0.3 is 5.97 Å². The molecule has 1 aromatic rings. The van der Waals surface area contributed by atoms with Gasteiger partial charge in [0.05, 0.1) is 24.5 Å². The monoisotopic (exact) mass is 279 g/mol. The van der Waals surface area contributed by atoms with E-state index in [9.17, 15) is 15.0 Å². The first-order valence-electron chi connectivity index (χ1n) is 6.93. The largest absolute Gasteiger partial charge is 0.476 e. The van der Waals surface area contributed by atoms with Crippen molar-refractivity contribution in [1.29, 1.82) is 0 Å². The fourth-order valence-corrected chi connectivity index (χ4v) is 2.62. The van der Waals surface area contributed by atoms with Crippen molar-refractivity contribution in [3.05, 3.63) is 17.7 Å². The molecule has 0 aliphatic carbocycles. The Morgan fingerprint density at radius 2 is 2.25 bits per heavy atom. The maximum atomic E-state index is 11.5. The number of anilines is 1. The molecule has 0 amide bonds. The molecule has 2 unspecified atom stereocenters. The van der Waals surface area contributed by atoms with Crippen LogP contribution >= 0.6 is 0 Å². The van der Waals surface area contributed by atoms with E-state index in [1.807, 2.05) is 18.7 Å². The molecule has 1 aliphatic heterocycles. The van der Waals surface area contributed by atoms with E-state index in [0.29, 0.717) is 17.4 Å². The molecular formula is C14H21N3O3. The van der Waals surface area contributed by atoms with Gasteiger partial charge < -0.3 is 15.1 Å². The molecule has 0 bridgehead atoms. The lowest BCUT2D eigenvalue weighted by Crippen LogP contribution is -2.36. The van der Waals surface area contributed by atoms with Gasteiger partial charge in [0, 0.05) is 12.5 Å². The Kier molecular flexibility index (Phi) is 4.23. The molecule has 0 aromatic carbocycles. The summed E-state index contributed by atoms with van der Waals surface area (Å²) in [5, 5.41) is 18.9. The third-order valence-electron chi connectivity index (χ3n) is 3.89. The lowest BCUT2D eigenvalue weighted by molar-refractivity contribution is 0.0690. The van der Waals surface area contributed by atoms with Gasteiger partial charge in [0.25, 0.3) is 0 Å². The van der Waals surface area contributed by atoms with Crippen LogP contribution in [0.2, 0.25) is 0 Å². The van der Waals surface area contributed by atoms with Crippen LogP contribution in [0.4, 0.5) is 5.69 Å². The number of hydrogen-bond donors (Lipinski definition) is 2. The Morgan fingerprint density at radius 3 is 2.80 bits per heavy atom. The highest BCUT2D eigenvalue weighted by Gasteiger charge is 2.33. The number of rotatable bonds is 4. The fraction of sp³-hybridized carbons (Fsp3) is 0.643. The summed E-state index contributed by atoms with van der Waals surface area (Å²) in [6, 6.07) is -0.0680. The number of aromatic carboxylic acids is 1. The van der Waals surface area contributed by atoms with Crippen molar-refractivity contribution in [2.45, 2.75) is 39.2 Å². The predicted molar refractivity (Wildman–Crippen MR) is 75.1 cm³/mol. The lowest BCUT2D eigenvalue weighted by Gasteiger charge is -2.28. The Hall–Kier alpha value is -1.69.